The first-order valence-corrected chi connectivity index (χ1v) is 13.0. The molecular weight excluding hydrogens is 529 g/mol. The number of aryl methyl sites for hydroxylation is 1. The van der Waals surface area contributed by atoms with Crippen molar-refractivity contribution in [2.45, 2.75) is 26.0 Å². The summed E-state index contributed by atoms with van der Waals surface area (Å²) in [5.41, 5.74) is 1.18. The van der Waals surface area contributed by atoms with Gasteiger partial charge in [0.05, 0.1) is 17.0 Å². The Morgan fingerprint density at radius 3 is 2.71 bits per heavy atom. The second kappa shape index (κ2) is 9.66. The van der Waals surface area contributed by atoms with Crippen LogP contribution in [0.4, 0.5) is 9.52 Å². The summed E-state index contributed by atoms with van der Waals surface area (Å²) >= 11 is 7.53. The fourth-order valence-electron chi connectivity index (χ4n) is 4.49. The van der Waals surface area contributed by atoms with E-state index in [4.69, 9.17) is 20.8 Å². The summed E-state index contributed by atoms with van der Waals surface area (Å²) in [5.74, 6) is -0.676. The number of halogens is 2. The van der Waals surface area contributed by atoms with Crippen molar-refractivity contribution in [3.63, 3.8) is 0 Å². The van der Waals surface area contributed by atoms with E-state index in [-0.39, 0.29) is 28.9 Å². The molecule has 1 unspecified atom stereocenters. The molecule has 38 heavy (non-hydrogen) atoms. The Morgan fingerprint density at radius 1 is 1.08 bits per heavy atom. The molecule has 3 aromatic carbocycles. The molecule has 3 heterocycles. The van der Waals surface area contributed by atoms with E-state index in [2.05, 4.69) is 10.2 Å². The van der Waals surface area contributed by atoms with Crippen molar-refractivity contribution in [1.29, 1.82) is 0 Å². The monoisotopic (exact) mass is 547 g/mol. The quantitative estimate of drug-likeness (QED) is 0.247. The van der Waals surface area contributed by atoms with E-state index in [9.17, 15) is 14.0 Å². The summed E-state index contributed by atoms with van der Waals surface area (Å²) in [6.45, 7) is 2.17. The normalized spacial score (nSPS) is 14.8. The van der Waals surface area contributed by atoms with Crippen LogP contribution in [0.15, 0.2) is 75.9 Å². The summed E-state index contributed by atoms with van der Waals surface area (Å²) in [5, 5.41) is 10.1. The van der Waals surface area contributed by atoms with Gasteiger partial charge in [0.1, 0.15) is 28.8 Å². The molecule has 0 aliphatic carbocycles. The predicted octanol–water partition coefficient (Wildman–Crippen LogP) is 6.33. The van der Waals surface area contributed by atoms with Crippen LogP contribution >= 0.6 is 22.9 Å². The van der Waals surface area contributed by atoms with Gasteiger partial charge in [-0.1, -0.05) is 60.2 Å². The second-order valence-corrected chi connectivity index (χ2v) is 10.1. The minimum atomic E-state index is -0.872. The van der Waals surface area contributed by atoms with Gasteiger partial charge in [0.15, 0.2) is 5.43 Å². The number of fused-ring (bicyclic) bond motifs is 2. The minimum Gasteiger partial charge on any atom is -0.489 e. The Kier molecular flexibility index (Phi) is 6.17. The van der Waals surface area contributed by atoms with Gasteiger partial charge in [-0.25, -0.2) is 4.39 Å². The molecule has 5 aromatic rings. The van der Waals surface area contributed by atoms with Crippen LogP contribution in [0, 0.1) is 5.82 Å². The summed E-state index contributed by atoms with van der Waals surface area (Å²) in [6, 6.07) is 17.3. The summed E-state index contributed by atoms with van der Waals surface area (Å²) < 4.78 is 25.9. The molecule has 0 fully saturated rings. The number of ether oxygens (including phenoxy) is 1. The maximum Gasteiger partial charge on any atom is 0.297 e. The Hall–Kier alpha value is -4.08. The van der Waals surface area contributed by atoms with Crippen LogP contribution in [0.1, 0.15) is 45.2 Å². The van der Waals surface area contributed by atoms with Crippen LogP contribution in [0.5, 0.6) is 5.75 Å². The lowest BCUT2D eigenvalue weighted by atomic mass is 9.98. The summed E-state index contributed by atoms with van der Waals surface area (Å²) in [7, 11) is 0. The molecule has 2 aromatic heterocycles. The highest BCUT2D eigenvalue weighted by atomic mass is 35.5. The van der Waals surface area contributed by atoms with Gasteiger partial charge in [0, 0.05) is 10.6 Å². The zero-order valence-electron chi connectivity index (χ0n) is 20.0. The van der Waals surface area contributed by atoms with E-state index in [1.807, 2.05) is 25.1 Å². The summed E-state index contributed by atoms with van der Waals surface area (Å²) in [4.78, 5) is 28.8. The molecule has 6 rings (SSSR count). The number of amides is 1. The first kappa shape index (κ1) is 24.3. The molecule has 0 radical (unpaired) electrons. The van der Waals surface area contributed by atoms with Crippen LogP contribution < -0.4 is 15.1 Å². The predicted molar refractivity (Wildman–Crippen MR) is 143 cm³/mol. The van der Waals surface area contributed by atoms with E-state index in [1.54, 1.807) is 30.3 Å². The van der Waals surface area contributed by atoms with E-state index < -0.39 is 23.2 Å². The molecule has 1 aliphatic heterocycles. The molecule has 1 atom stereocenters. The van der Waals surface area contributed by atoms with Gasteiger partial charge in [-0.3, -0.25) is 14.5 Å². The van der Waals surface area contributed by atoms with Gasteiger partial charge in [0.2, 0.25) is 10.9 Å². The van der Waals surface area contributed by atoms with E-state index in [0.717, 1.165) is 16.6 Å². The molecule has 10 heteroatoms. The lowest BCUT2D eigenvalue weighted by molar-refractivity contribution is 0.0970. The molecule has 0 spiro atoms. The van der Waals surface area contributed by atoms with Crippen molar-refractivity contribution in [3.05, 3.63) is 115 Å². The van der Waals surface area contributed by atoms with Gasteiger partial charge in [-0.2, -0.15) is 0 Å². The van der Waals surface area contributed by atoms with Gasteiger partial charge in [0.25, 0.3) is 5.91 Å². The van der Waals surface area contributed by atoms with Crippen molar-refractivity contribution >= 4 is 44.9 Å². The number of rotatable bonds is 6. The van der Waals surface area contributed by atoms with Crippen molar-refractivity contribution < 1.29 is 18.3 Å². The molecule has 190 valence electrons. The second-order valence-electron chi connectivity index (χ2n) is 8.68. The molecular formula is C28H19ClFN3O4S. The van der Waals surface area contributed by atoms with Gasteiger partial charge < -0.3 is 9.15 Å². The zero-order chi connectivity index (χ0) is 26.4. The third-order valence-electron chi connectivity index (χ3n) is 6.32. The number of benzene rings is 3. The fraction of sp³-hybridized carbons (Fsp3) is 0.143. The number of carbonyl (C=O) groups excluding carboxylic acids is 1. The van der Waals surface area contributed by atoms with Crippen molar-refractivity contribution in [2.24, 2.45) is 0 Å². The highest BCUT2D eigenvalue weighted by Crippen LogP contribution is 2.42. The highest BCUT2D eigenvalue weighted by Gasteiger charge is 2.45. The number of nitrogens with zero attached hydrogens (tertiary/aromatic N) is 3. The van der Waals surface area contributed by atoms with Crippen LogP contribution in [0.25, 0.3) is 11.0 Å². The van der Waals surface area contributed by atoms with Gasteiger partial charge in [-0.15, -0.1) is 10.2 Å². The first-order chi connectivity index (χ1) is 18.4. The number of aromatic nitrogens is 2. The zero-order valence-corrected chi connectivity index (χ0v) is 21.6. The number of hydrogen-bond acceptors (Lipinski definition) is 7. The van der Waals surface area contributed by atoms with E-state index >= 15 is 0 Å². The number of carbonyl (C=O) groups is 1. The lowest BCUT2D eigenvalue weighted by Gasteiger charge is -2.22. The van der Waals surface area contributed by atoms with Crippen LogP contribution in [-0.2, 0) is 13.0 Å². The molecule has 7 nitrogen and oxygen atoms in total. The minimum absolute atomic E-state index is 0.0565. The third-order valence-corrected chi connectivity index (χ3v) is 7.76. The topological polar surface area (TPSA) is 85.5 Å². The largest absolute Gasteiger partial charge is 0.489 e. The molecule has 1 amide bonds. The standard InChI is InChI=1S/C28H19ClFN3O4S/c1-2-22-31-32-28(38-22)33-24(15-7-5-8-18(12-15)36-14-16-6-3-4-9-20(16)29)23-25(34)19-13-17(30)10-11-21(19)37-26(23)27(33)35/h3-13,24H,2,14H2,1H3. The third kappa shape index (κ3) is 4.13. The van der Waals surface area contributed by atoms with Gasteiger partial charge >= 0.3 is 0 Å². The van der Waals surface area contributed by atoms with E-state index in [1.165, 1.54) is 28.4 Å². The molecule has 0 bridgehead atoms. The first-order valence-electron chi connectivity index (χ1n) is 11.8. The molecule has 1 aliphatic rings. The Labute approximate surface area is 225 Å². The van der Waals surface area contributed by atoms with Crippen molar-refractivity contribution in [1.82, 2.24) is 10.2 Å². The van der Waals surface area contributed by atoms with Crippen LogP contribution in [0.3, 0.4) is 0 Å². The average molecular weight is 548 g/mol. The average Bonchev–Trinajstić information content (AvgIpc) is 3.51. The van der Waals surface area contributed by atoms with Gasteiger partial charge in [-0.05, 0) is 48.4 Å². The smallest absolute Gasteiger partial charge is 0.297 e. The van der Waals surface area contributed by atoms with E-state index in [0.29, 0.717) is 27.9 Å². The lowest BCUT2D eigenvalue weighted by Crippen LogP contribution is -2.29. The molecule has 0 saturated heterocycles. The molecule has 0 N–H and O–H groups in total. The van der Waals surface area contributed by atoms with Crippen LogP contribution in [0.2, 0.25) is 5.02 Å². The van der Waals surface area contributed by atoms with Crippen molar-refractivity contribution in [3.8, 4) is 5.75 Å². The highest BCUT2D eigenvalue weighted by molar-refractivity contribution is 7.15. The summed E-state index contributed by atoms with van der Waals surface area (Å²) in [6.07, 6.45) is 0.642. The Bertz CT molecular complexity index is 1770. The van der Waals surface area contributed by atoms with Crippen molar-refractivity contribution in [2.75, 3.05) is 4.90 Å². The Morgan fingerprint density at radius 2 is 1.92 bits per heavy atom. The maximum atomic E-state index is 14.1. The van der Waals surface area contributed by atoms with Crippen LogP contribution in [-0.4, -0.2) is 16.1 Å². The Balaban J connectivity index is 1.48. The number of anilines is 1. The maximum absolute atomic E-state index is 14.1. The fourth-order valence-corrected chi connectivity index (χ4v) is 5.49. The SMILES string of the molecule is CCc1nnc(N2C(=O)c3oc4ccc(F)cc4c(=O)c3C2c2cccc(OCc3ccccc3Cl)c2)s1. The number of hydrogen-bond donors (Lipinski definition) is 0. The molecule has 0 saturated carbocycles.